The van der Waals surface area contributed by atoms with E-state index in [1.165, 1.54) is 30.6 Å². The van der Waals surface area contributed by atoms with E-state index in [-0.39, 0.29) is 0 Å². The van der Waals surface area contributed by atoms with E-state index in [9.17, 15) is 0 Å². The number of hydrogen-bond acceptors (Lipinski definition) is 2. The molecule has 0 aromatic rings. The van der Waals surface area contributed by atoms with Crippen LogP contribution in [0, 0.1) is 12.0 Å². The zero-order valence-corrected chi connectivity index (χ0v) is 8.49. The number of rotatable bonds is 0. The van der Waals surface area contributed by atoms with Crippen molar-refractivity contribution in [2.75, 3.05) is 6.54 Å². The van der Waals surface area contributed by atoms with E-state index in [0.29, 0.717) is 0 Å². The third-order valence-corrected chi connectivity index (χ3v) is 4.79. The fraction of sp³-hybridized carbons (Fsp3) is 0.636. The van der Waals surface area contributed by atoms with Crippen LogP contribution in [0.15, 0.2) is 16.7 Å². The Kier molecular flexibility index (Phi) is 1.90. The number of thioether (sulfide) groups is 1. The van der Waals surface area contributed by atoms with Crippen molar-refractivity contribution in [2.24, 2.45) is 5.92 Å². The molecule has 69 valence electrons. The molecule has 1 radical (unpaired) electrons. The lowest BCUT2D eigenvalue weighted by molar-refractivity contribution is 0.415. The minimum Gasteiger partial charge on any atom is -0.387 e. The summed E-state index contributed by atoms with van der Waals surface area (Å²) in [4.78, 5) is 1.45. The summed E-state index contributed by atoms with van der Waals surface area (Å²) >= 11 is 2.08. The fourth-order valence-electron chi connectivity index (χ4n) is 2.65. The Labute approximate surface area is 83.7 Å². The molecule has 0 aromatic heterocycles. The van der Waals surface area contributed by atoms with Gasteiger partial charge in [0, 0.05) is 29.0 Å². The minimum absolute atomic E-state index is 0.877. The van der Waals surface area contributed by atoms with Crippen LogP contribution < -0.4 is 5.32 Å². The molecule has 0 amide bonds. The highest BCUT2D eigenvalue weighted by atomic mass is 32.2. The summed E-state index contributed by atoms with van der Waals surface area (Å²) in [6.45, 7) is 1.08. The van der Waals surface area contributed by atoms with Crippen LogP contribution in [-0.2, 0) is 0 Å². The van der Waals surface area contributed by atoms with Crippen molar-refractivity contribution in [1.82, 2.24) is 5.32 Å². The number of nitrogens with one attached hydrogen (secondary N) is 1. The zero-order valence-electron chi connectivity index (χ0n) is 7.68. The number of dihydropyridines is 1. The standard InChI is InChI=1S/C11H14NS/c1-2-4-10-8(3-1)9-7-12-6-5-11(9)13-10/h6,8,10,12H,1-4,7H2. The van der Waals surface area contributed by atoms with Crippen LogP contribution in [0.25, 0.3) is 0 Å². The summed E-state index contributed by atoms with van der Waals surface area (Å²) in [5.41, 5.74) is 1.65. The van der Waals surface area contributed by atoms with Crippen molar-refractivity contribution in [3.05, 3.63) is 22.8 Å². The number of hydrogen-bond donors (Lipinski definition) is 1. The van der Waals surface area contributed by atoms with E-state index in [1.807, 2.05) is 6.20 Å². The van der Waals surface area contributed by atoms with Gasteiger partial charge in [-0.25, -0.2) is 0 Å². The molecule has 3 aliphatic rings. The Hall–Kier alpha value is -0.370. The Bertz CT molecular complexity index is 280. The Morgan fingerprint density at radius 1 is 1.38 bits per heavy atom. The first-order chi connectivity index (χ1) is 6.45. The quantitative estimate of drug-likeness (QED) is 0.633. The van der Waals surface area contributed by atoms with Crippen LogP contribution >= 0.6 is 11.8 Å². The van der Waals surface area contributed by atoms with E-state index >= 15 is 0 Å². The molecule has 1 nitrogen and oxygen atoms in total. The first kappa shape index (κ1) is 7.98. The molecule has 1 fully saturated rings. The van der Waals surface area contributed by atoms with E-state index in [2.05, 4.69) is 23.2 Å². The Morgan fingerprint density at radius 3 is 3.31 bits per heavy atom. The van der Waals surface area contributed by atoms with Gasteiger partial charge in [0.2, 0.25) is 0 Å². The summed E-state index contributed by atoms with van der Waals surface area (Å²) in [6, 6.07) is 0. The lowest BCUT2D eigenvalue weighted by Crippen LogP contribution is -2.24. The molecule has 3 rings (SSSR count). The average molecular weight is 192 g/mol. The summed E-state index contributed by atoms with van der Waals surface area (Å²) in [7, 11) is 0. The fourth-order valence-corrected chi connectivity index (χ4v) is 4.20. The van der Waals surface area contributed by atoms with Crippen molar-refractivity contribution in [3.8, 4) is 0 Å². The highest BCUT2D eigenvalue weighted by molar-refractivity contribution is 8.04. The molecule has 1 N–H and O–H groups in total. The predicted molar refractivity (Wildman–Crippen MR) is 56.2 cm³/mol. The molecule has 13 heavy (non-hydrogen) atoms. The molecule has 2 aliphatic heterocycles. The monoisotopic (exact) mass is 192 g/mol. The van der Waals surface area contributed by atoms with Crippen molar-refractivity contribution in [3.63, 3.8) is 0 Å². The summed E-state index contributed by atoms with van der Waals surface area (Å²) in [6.07, 6.45) is 11.0. The van der Waals surface area contributed by atoms with Gasteiger partial charge in [-0.3, -0.25) is 0 Å². The molecule has 2 atom stereocenters. The van der Waals surface area contributed by atoms with Gasteiger partial charge in [0.1, 0.15) is 0 Å². The molecular weight excluding hydrogens is 178 g/mol. The second-order valence-corrected chi connectivity index (χ2v) is 5.32. The van der Waals surface area contributed by atoms with Crippen LogP contribution in [0.4, 0.5) is 0 Å². The van der Waals surface area contributed by atoms with Crippen molar-refractivity contribution >= 4 is 11.8 Å². The SMILES string of the molecule is [C]1=CNCC2=C1SC1CCCCC21. The van der Waals surface area contributed by atoms with E-state index in [0.717, 1.165) is 17.7 Å². The largest absolute Gasteiger partial charge is 0.387 e. The van der Waals surface area contributed by atoms with Crippen LogP contribution in [-0.4, -0.2) is 11.8 Å². The number of allylic oxidation sites excluding steroid dienone is 1. The second kappa shape index (κ2) is 3.09. The van der Waals surface area contributed by atoms with E-state index in [1.54, 1.807) is 5.57 Å². The summed E-state index contributed by atoms with van der Waals surface area (Å²) in [5.74, 6) is 0.877. The van der Waals surface area contributed by atoms with E-state index in [4.69, 9.17) is 0 Å². The van der Waals surface area contributed by atoms with Crippen molar-refractivity contribution < 1.29 is 0 Å². The Balaban J connectivity index is 1.90. The van der Waals surface area contributed by atoms with Crippen molar-refractivity contribution in [2.45, 2.75) is 30.9 Å². The lowest BCUT2D eigenvalue weighted by Gasteiger charge is -2.26. The maximum Gasteiger partial charge on any atom is 0.0372 e. The smallest absolute Gasteiger partial charge is 0.0372 e. The van der Waals surface area contributed by atoms with Gasteiger partial charge < -0.3 is 5.32 Å². The van der Waals surface area contributed by atoms with Gasteiger partial charge >= 0.3 is 0 Å². The normalized spacial score (nSPS) is 36.9. The molecular formula is C11H14NS. The molecule has 2 heterocycles. The third kappa shape index (κ3) is 1.23. The van der Waals surface area contributed by atoms with Gasteiger partial charge in [-0.15, -0.1) is 11.8 Å². The zero-order chi connectivity index (χ0) is 8.67. The first-order valence-electron chi connectivity index (χ1n) is 5.16. The van der Waals surface area contributed by atoms with Gasteiger partial charge in [-0.1, -0.05) is 12.8 Å². The maximum absolute atomic E-state index is 3.34. The second-order valence-electron chi connectivity index (χ2n) is 4.07. The summed E-state index contributed by atoms with van der Waals surface area (Å²) in [5, 5.41) is 4.17. The first-order valence-corrected chi connectivity index (χ1v) is 6.04. The van der Waals surface area contributed by atoms with Crippen molar-refractivity contribution in [1.29, 1.82) is 0 Å². The minimum atomic E-state index is 0.877. The molecule has 0 spiro atoms. The lowest BCUT2D eigenvalue weighted by atomic mass is 9.83. The molecule has 1 aliphatic carbocycles. The molecule has 2 heteroatoms. The molecule has 0 saturated heterocycles. The van der Waals surface area contributed by atoms with Crippen LogP contribution in [0.3, 0.4) is 0 Å². The van der Waals surface area contributed by atoms with Gasteiger partial charge in [0.05, 0.1) is 0 Å². The highest BCUT2D eigenvalue weighted by Gasteiger charge is 2.36. The summed E-state index contributed by atoms with van der Waals surface area (Å²) < 4.78 is 0. The van der Waals surface area contributed by atoms with Crippen LogP contribution in [0.2, 0.25) is 0 Å². The molecule has 2 unspecified atom stereocenters. The van der Waals surface area contributed by atoms with Crippen LogP contribution in [0.5, 0.6) is 0 Å². The molecule has 1 saturated carbocycles. The predicted octanol–water partition coefficient (Wildman–Crippen LogP) is 2.47. The molecule has 0 bridgehead atoms. The van der Waals surface area contributed by atoms with E-state index < -0.39 is 0 Å². The average Bonchev–Trinajstić information content (AvgIpc) is 2.56. The van der Waals surface area contributed by atoms with Crippen LogP contribution in [0.1, 0.15) is 25.7 Å². The van der Waals surface area contributed by atoms with Gasteiger partial charge in [0.25, 0.3) is 0 Å². The topological polar surface area (TPSA) is 12.0 Å². The molecule has 0 aromatic carbocycles. The van der Waals surface area contributed by atoms with Gasteiger partial charge in [-0.2, -0.15) is 0 Å². The number of fused-ring (bicyclic) bond motifs is 2. The van der Waals surface area contributed by atoms with Gasteiger partial charge in [-0.05, 0) is 24.3 Å². The third-order valence-electron chi connectivity index (χ3n) is 3.31. The highest BCUT2D eigenvalue weighted by Crippen LogP contribution is 2.49. The Morgan fingerprint density at radius 2 is 2.31 bits per heavy atom. The maximum atomic E-state index is 3.34. The van der Waals surface area contributed by atoms with Gasteiger partial charge in [0.15, 0.2) is 0 Å².